The van der Waals surface area contributed by atoms with Gasteiger partial charge in [0.15, 0.2) is 0 Å². The lowest BCUT2D eigenvalue weighted by molar-refractivity contribution is 1.23. The van der Waals surface area contributed by atoms with E-state index < -0.39 is 0 Å². The highest BCUT2D eigenvalue weighted by atomic mass is 15.0. The second kappa shape index (κ2) is 3.96. The molecule has 0 amide bonds. The molecule has 1 aromatic carbocycles. The Morgan fingerprint density at radius 2 is 1.83 bits per heavy atom. The minimum Gasteiger partial charge on any atom is -0.398 e. The number of fused-ring (bicyclic) bond motifs is 1. The maximum atomic E-state index is 6.00. The van der Waals surface area contributed by atoms with Crippen LogP contribution in [0.15, 0.2) is 42.7 Å². The van der Waals surface area contributed by atoms with Crippen molar-refractivity contribution >= 4 is 22.5 Å². The molecule has 0 atom stereocenters. The minimum atomic E-state index is 0.229. The number of pyridine rings is 1. The van der Waals surface area contributed by atoms with E-state index in [-0.39, 0.29) is 5.95 Å². The number of rotatable bonds is 1. The second-order valence-electron chi connectivity index (χ2n) is 3.91. The molecule has 0 saturated heterocycles. The number of nitrogen functional groups attached to an aromatic ring is 2. The van der Waals surface area contributed by atoms with Crippen LogP contribution in [0.5, 0.6) is 0 Å². The van der Waals surface area contributed by atoms with Gasteiger partial charge in [-0.25, -0.2) is 9.97 Å². The number of anilines is 2. The highest BCUT2D eigenvalue weighted by Crippen LogP contribution is 2.30. The first-order chi connectivity index (χ1) is 8.75. The van der Waals surface area contributed by atoms with Gasteiger partial charge in [-0.3, -0.25) is 4.98 Å². The molecule has 0 aliphatic carbocycles. The Balaban J connectivity index is 2.41. The van der Waals surface area contributed by atoms with Crippen LogP contribution in [0.25, 0.3) is 22.2 Å². The van der Waals surface area contributed by atoms with Crippen LogP contribution in [-0.4, -0.2) is 15.0 Å². The van der Waals surface area contributed by atoms with Gasteiger partial charge in [-0.1, -0.05) is 6.07 Å². The Morgan fingerprint density at radius 3 is 2.61 bits per heavy atom. The predicted octanol–water partition coefficient (Wildman–Crippen LogP) is 1.86. The summed E-state index contributed by atoms with van der Waals surface area (Å²) in [5, 5.41) is 0.805. The summed E-state index contributed by atoms with van der Waals surface area (Å²) >= 11 is 0. The Kier molecular flexibility index (Phi) is 2.30. The monoisotopic (exact) mass is 237 g/mol. The molecule has 0 bridgehead atoms. The van der Waals surface area contributed by atoms with E-state index in [9.17, 15) is 0 Å². The number of benzene rings is 1. The van der Waals surface area contributed by atoms with Gasteiger partial charge in [-0.2, -0.15) is 0 Å². The topological polar surface area (TPSA) is 90.7 Å². The van der Waals surface area contributed by atoms with Crippen LogP contribution in [0, 0.1) is 0 Å². The standard InChI is InChI=1S/C13H11N5/c14-9-4-1-5-10-11(9)12(18-13(15)17-10)8-3-2-6-16-7-8/h1-7H,14H2,(H2,15,17,18). The first kappa shape index (κ1) is 10.5. The average Bonchev–Trinajstić information content (AvgIpc) is 2.39. The fourth-order valence-electron chi connectivity index (χ4n) is 1.94. The van der Waals surface area contributed by atoms with Crippen molar-refractivity contribution in [2.45, 2.75) is 0 Å². The van der Waals surface area contributed by atoms with Gasteiger partial charge in [0.1, 0.15) is 0 Å². The number of nitrogens with two attached hydrogens (primary N) is 2. The molecule has 88 valence electrons. The molecule has 0 fully saturated rings. The van der Waals surface area contributed by atoms with E-state index >= 15 is 0 Å². The smallest absolute Gasteiger partial charge is 0.221 e. The van der Waals surface area contributed by atoms with E-state index in [2.05, 4.69) is 15.0 Å². The van der Waals surface area contributed by atoms with Gasteiger partial charge in [0.05, 0.1) is 11.2 Å². The third kappa shape index (κ3) is 1.62. The quantitative estimate of drug-likeness (QED) is 0.630. The molecular weight excluding hydrogens is 226 g/mol. The van der Waals surface area contributed by atoms with E-state index in [0.717, 1.165) is 16.5 Å². The molecule has 3 rings (SSSR count). The molecule has 0 radical (unpaired) electrons. The first-order valence-corrected chi connectivity index (χ1v) is 5.48. The van der Waals surface area contributed by atoms with Crippen LogP contribution in [0.4, 0.5) is 11.6 Å². The fraction of sp³-hybridized carbons (Fsp3) is 0. The van der Waals surface area contributed by atoms with Gasteiger partial charge >= 0.3 is 0 Å². The molecule has 2 aromatic heterocycles. The normalized spacial score (nSPS) is 10.7. The van der Waals surface area contributed by atoms with Gasteiger partial charge in [-0.05, 0) is 24.3 Å². The van der Waals surface area contributed by atoms with Crippen molar-refractivity contribution in [3.63, 3.8) is 0 Å². The van der Waals surface area contributed by atoms with Gasteiger partial charge in [0, 0.05) is 29.0 Å². The molecule has 0 saturated carbocycles. The summed E-state index contributed by atoms with van der Waals surface area (Å²) < 4.78 is 0. The molecule has 4 N–H and O–H groups in total. The lowest BCUT2D eigenvalue weighted by Gasteiger charge is -2.08. The van der Waals surface area contributed by atoms with Crippen molar-refractivity contribution in [3.05, 3.63) is 42.7 Å². The minimum absolute atomic E-state index is 0.229. The summed E-state index contributed by atoms with van der Waals surface area (Å²) in [4.78, 5) is 12.6. The third-order valence-corrected chi connectivity index (χ3v) is 2.71. The van der Waals surface area contributed by atoms with Gasteiger partial charge in [0.25, 0.3) is 0 Å². The lowest BCUT2D eigenvalue weighted by Crippen LogP contribution is -2.00. The Morgan fingerprint density at radius 1 is 0.944 bits per heavy atom. The zero-order chi connectivity index (χ0) is 12.5. The maximum Gasteiger partial charge on any atom is 0.221 e. The van der Waals surface area contributed by atoms with Crippen molar-refractivity contribution in [1.29, 1.82) is 0 Å². The predicted molar refractivity (Wildman–Crippen MR) is 71.6 cm³/mol. The van der Waals surface area contributed by atoms with Crippen molar-refractivity contribution < 1.29 is 0 Å². The molecule has 5 heteroatoms. The van der Waals surface area contributed by atoms with E-state index in [0.29, 0.717) is 11.4 Å². The summed E-state index contributed by atoms with van der Waals surface area (Å²) in [7, 11) is 0. The van der Waals surface area contributed by atoms with E-state index in [1.54, 1.807) is 12.4 Å². The summed E-state index contributed by atoms with van der Waals surface area (Å²) in [6.07, 6.45) is 3.44. The zero-order valence-electron chi connectivity index (χ0n) is 9.54. The highest BCUT2D eigenvalue weighted by Gasteiger charge is 2.10. The Bertz CT molecular complexity index is 709. The summed E-state index contributed by atoms with van der Waals surface area (Å²) in [6, 6.07) is 9.29. The maximum absolute atomic E-state index is 6.00. The SMILES string of the molecule is Nc1nc(-c2cccnc2)c2c(N)cccc2n1. The van der Waals surface area contributed by atoms with Crippen LogP contribution < -0.4 is 11.5 Å². The largest absolute Gasteiger partial charge is 0.398 e. The number of nitrogens with zero attached hydrogens (tertiary/aromatic N) is 3. The molecule has 0 spiro atoms. The van der Waals surface area contributed by atoms with Gasteiger partial charge < -0.3 is 11.5 Å². The van der Waals surface area contributed by atoms with E-state index in [4.69, 9.17) is 11.5 Å². The number of hydrogen-bond acceptors (Lipinski definition) is 5. The number of aromatic nitrogens is 3. The molecular formula is C13H11N5. The second-order valence-corrected chi connectivity index (χ2v) is 3.91. The van der Waals surface area contributed by atoms with Crippen LogP contribution in [0.1, 0.15) is 0 Å². The van der Waals surface area contributed by atoms with Gasteiger partial charge in [-0.15, -0.1) is 0 Å². The van der Waals surface area contributed by atoms with Crippen molar-refractivity contribution in [3.8, 4) is 11.3 Å². The summed E-state index contributed by atoms with van der Waals surface area (Å²) in [6.45, 7) is 0. The molecule has 2 heterocycles. The third-order valence-electron chi connectivity index (χ3n) is 2.71. The Hall–Kier alpha value is -2.69. The van der Waals surface area contributed by atoms with Gasteiger partial charge in [0.2, 0.25) is 5.95 Å². The zero-order valence-corrected chi connectivity index (χ0v) is 9.54. The fourth-order valence-corrected chi connectivity index (χ4v) is 1.94. The first-order valence-electron chi connectivity index (χ1n) is 5.48. The molecule has 0 aliphatic heterocycles. The molecule has 18 heavy (non-hydrogen) atoms. The van der Waals surface area contributed by atoms with Crippen molar-refractivity contribution in [2.75, 3.05) is 11.5 Å². The van der Waals surface area contributed by atoms with E-state index in [1.807, 2.05) is 30.3 Å². The number of hydrogen-bond donors (Lipinski definition) is 2. The van der Waals surface area contributed by atoms with Crippen LogP contribution in [0.3, 0.4) is 0 Å². The van der Waals surface area contributed by atoms with Crippen LogP contribution in [-0.2, 0) is 0 Å². The van der Waals surface area contributed by atoms with E-state index in [1.165, 1.54) is 0 Å². The van der Waals surface area contributed by atoms with Crippen molar-refractivity contribution in [2.24, 2.45) is 0 Å². The van der Waals surface area contributed by atoms with Crippen LogP contribution >= 0.6 is 0 Å². The Labute approximate surface area is 104 Å². The summed E-state index contributed by atoms with van der Waals surface area (Å²) in [5.74, 6) is 0.229. The molecule has 0 unspecified atom stereocenters. The van der Waals surface area contributed by atoms with Crippen LogP contribution in [0.2, 0.25) is 0 Å². The molecule has 5 nitrogen and oxygen atoms in total. The summed E-state index contributed by atoms with van der Waals surface area (Å²) in [5.41, 5.74) is 14.7. The molecule has 3 aromatic rings. The highest BCUT2D eigenvalue weighted by molar-refractivity contribution is 6.01. The molecule has 0 aliphatic rings. The lowest BCUT2D eigenvalue weighted by atomic mass is 10.1. The average molecular weight is 237 g/mol. The van der Waals surface area contributed by atoms with Crippen molar-refractivity contribution in [1.82, 2.24) is 15.0 Å².